The molecule has 1 aliphatic heterocycles. The summed E-state index contributed by atoms with van der Waals surface area (Å²) in [6.07, 6.45) is 0.566. The van der Waals surface area contributed by atoms with Crippen molar-refractivity contribution in [2.24, 2.45) is 5.73 Å². The second-order valence-electron chi connectivity index (χ2n) is 3.18. The van der Waals surface area contributed by atoms with Gasteiger partial charge in [-0.25, -0.2) is 4.39 Å². The van der Waals surface area contributed by atoms with Gasteiger partial charge in [0, 0.05) is 18.5 Å². The topological polar surface area (TPSA) is 29.3 Å². The Balaban J connectivity index is 2.49. The summed E-state index contributed by atoms with van der Waals surface area (Å²) in [5.74, 6) is 0. The summed E-state index contributed by atoms with van der Waals surface area (Å²) in [7, 11) is 1.81. The molecule has 3 heteroatoms. The number of nitrogens with two attached hydrogens (primary N) is 1. The number of nitrogens with zero attached hydrogens (tertiary/aromatic N) is 1. The lowest BCUT2D eigenvalue weighted by molar-refractivity contribution is 0.0239. The molecule has 0 aromatic heterocycles. The number of likely N-dealkylation sites (tertiary alicyclic amines) is 1. The van der Waals surface area contributed by atoms with Gasteiger partial charge in [-0.15, -0.1) is 0 Å². The minimum atomic E-state index is -0.834. The molecule has 3 atom stereocenters. The largest absolute Gasteiger partial charge is 0.327 e. The van der Waals surface area contributed by atoms with E-state index in [0.717, 1.165) is 6.42 Å². The SMILES string of the molecule is CC1C[C@@H](N)CC(F)N1C. The zero-order valence-electron chi connectivity index (χ0n) is 6.55. The second-order valence-corrected chi connectivity index (χ2v) is 3.18. The Kier molecular flexibility index (Phi) is 2.26. The average molecular weight is 146 g/mol. The summed E-state index contributed by atoms with van der Waals surface area (Å²) < 4.78 is 12.9. The molecule has 1 saturated heterocycles. The summed E-state index contributed by atoms with van der Waals surface area (Å²) in [5, 5.41) is 0. The third kappa shape index (κ3) is 1.47. The number of halogens is 1. The first-order valence-electron chi connectivity index (χ1n) is 3.73. The van der Waals surface area contributed by atoms with Crippen molar-refractivity contribution in [3.63, 3.8) is 0 Å². The van der Waals surface area contributed by atoms with Crippen LogP contribution in [0.3, 0.4) is 0 Å². The van der Waals surface area contributed by atoms with E-state index in [1.165, 1.54) is 0 Å². The van der Waals surface area contributed by atoms with Gasteiger partial charge in [0.05, 0.1) is 0 Å². The molecule has 2 N–H and O–H groups in total. The van der Waals surface area contributed by atoms with Crippen molar-refractivity contribution in [3.8, 4) is 0 Å². The molecule has 2 nitrogen and oxygen atoms in total. The fourth-order valence-corrected chi connectivity index (χ4v) is 1.39. The first-order valence-corrected chi connectivity index (χ1v) is 3.73. The molecule has 0 radical (unpaired) electrons. The van der Waals surface area contributed by atoms with Crippen LogP contribution in [0.25, 0.3) is 0 Å². The molecule has 2 unspecified atom stereocenters. The molecule has 10 heavy (non-hydrogen) atoms. The molecular formula is C7H15FN2. The maximum Gasteiger partial charge on any atom is 0.155 e. The molecule has 1 heterocycles. The van der Waals surface area contributed by atoms with Crippen LogP contribution in [0.15, 0.2) is 0 Å². The Bertz CT molecular complexity index is 106. The Morgan fingerprint density at radius 2 is 2.10 bits per heavy atom. The Labute approximate surface area is 61.2 Å². The van der Waals surface area contributed by atoms with E-state index in [4.69, 9.17) is 5.73 Å². The van der Waals surface area contributed by atoms with E-state index < -0.39 is 6.30 Å². The molecule has 0 aromatic carbocycles. The molecule has 1 fully saturated rings. The molecule has 1 rings (SSSR count). The van der Waals surface area contributed by atoms with E-state index in [1.807, 2.05) is 6.92 Å². The number of alkyl halides is 1. The highest BCUT2D eigenvalue weighted by atomic mass is 19.1. The van der Waals surface area contributed by atoms with Gasteiger partial charge in [0.15, 0.2) is 6.30 Å². The van der Waals surface area contributed by atoms with Gasteiger partial charge in [-0.05, 0) is 20.4 Å². The molecular weight excluding hydrogens is 131 g/mol. The molecule has 0 saturated carbocycles. The second kappa shape index (κ2) is 2.84. The summed E-state index contributed by atoms with van der Waals surface area (Å²) in [5.41, 5.74) is 5.61. The standard InChI is InChI=1S/C7H15FN2/c1-5-3-6(9)4-7(8)10(5)2/h5-7H,3-4,9H2,1-2H3/t5?,6-,7?/m1/s1. The van der Waals surface area contributed by atoms with Gasteiger partial charge in [-0.1, -0.05) is 0 Å². The maximum absolute atomic E-state index is 12.9. The lowest BCUT2D eigenvalue weighted by Gasteiger charge is -2.36. The highest BCUT2D eigenvalue weighted by Crippen LogP contribution is 2.20. The average Bonchev–Trinajstić information content (AvgIpc) is 1.82. The van der Waals surface area contributed by atoms with Crippen LogP contribution in [0.2, 0.25) is 0 Å². The van der Waals surface area contributed by atoms with Gasteiger partial charge in [0.25, 0.3) is 0 Å². The highest BCUT2D eigenvalue weighted by molar-refractivity contribution is 4.81. The number of piperidine rings is 1. The van der Waals surface area contributed by atoms with Crippen LogP contribution >= 0.6 is 0 Å². The van der Waals surface area contributed by atoms with E-state index in [0.29, 0.717) is 12.5 Å². The van der Waals surface area contributed by atoms with E-state index in [2.05, 4.69) is 0 Å². The van der Waals surface area contributed by atoms with Gasteiger partial charge < -0.3 is 5.73 Å². The van der Waals surface area contributed by atoms with Crippen LogP contribution in [0.5, 0.6) is 0 Å². The zero-order chi connectivity index (χ0) is 7.72. The van der Waals surface area contributed by atoms with Crippen molar-refractivity contribution in [2.75, 3.05) is 7.05 Å². The number of hydrogen-bond donors (Lipinski definition) is 1. The Morgan fingerprint density at radius 3 is 2.60 bits per heavy atom. The molecule has 0 bridgehead atoms. The quantitative estimate of drug-likeness (QED) is 0.510. The lowest BCUT2D eigenvalue weighted by atomic mass is 9.99. The predicted octanol–water partition coefficient (Wildman–Crippen LogP) is 0.723. The van der Waals surface area contributed by atoms with Gasteiger partial charge in [-0.2, -0.15) is 0 Å². The van der Waals surface area contributed by atoms with Crippen LogP contribution in [-0.4, -0.2) is 30.3 Å². The van der Waals surface area contributed by atoms with Crippen molar-refractivity contribution in [3.05, 3.63) is 0 Å². The fraction of sp³-hybridized carbons (Fsp3) is 1.00. The zero-order valence-corrected chi connectivity index (χ0v) is 6.55. The highest BCUT2D eigenvalue weighted by Gasteiger charge is 2.28. The molecule has 60 valence electrons. The van der Waals surface area contributed by atoms with Gasteiger partial charge in [-0.3, -0.25) is 4.90 Å². The van der Waals surface area contributed by atoms with E-state index in [-0.39, 0.29) is 6.04 Å². The lowest BCUT2D eigenvalue weighted by Crippen LogP contribution is -2.47. The minimum absolute atomic E-state index is 0.0567. The summed E-state index contributed by atoms with van der Waals surface area (Å²) in [4.78, 5) is 1.74. The summed E-state index contributed by atoms with van der Waals surface area (Å²) in [6, 6.07) is 0.347. The van der Waals surface area contributed by atoms with E-state index >= 15 is 0 Å². The van der Waals surface area contributed by atoms with E-state index in [1.54, 1.807) is 11.9 Å². The van der Waals surface area contributed by atoms with Crippen LogP contribution in [0.4, 0.5) is 4.39 Å². The Morgan fingerprint density at radius 1 is 1.50 bits per heavy atom. The van der Waals surface area contributed by atoms with Crippen molar-refractivity contribution in [1.82, 2.24) is 4.90 Å². The van der Waals surface area contributed by atoms with Crippen molar-refractivity contribution < 1.29 is 4.39 Å². The third-order valence-corrected chi connectivity index (χ3v) is 2.28. The molecule has 0 aliphatic carbocycles. The van der Waals surface area contributed by atoms with Gasteiger partial charge >= 0.3 is 0 Å². The first-order chi connectivity index (χ1) is 4.61. The molecule has 0 aromatic rings. The normalized spacial score (nSPS) is 43.8. The van der Waals surface area contributed by atoms with Crippen molar-refractivity contribution in [1.29, 1.82) is 0 Å². The molecule has 0 spiro atoms. The van der Waals surface area contributed by atoms with Crippen LogP contribution in [0.1, 0.15) is 19.8 Å². The minimum Gasteiger partial charge on any atom is -0.327 e. The van der Waals surface area contributed by atoms with Crippen molar-refractivity contribution >= 4 is 0 Å². The first kappa shape index (κ1) is 7.95. The monoisotopic (exact) mass is 146 g/mol. The van der Waals surface area contributed by atoms with Crippen LogP contribution in [0, 0.1) is 0 Å². The Hall–Kier alpha value is -0.150. The third-order valence-electron chi connectivity index (χ3n) is 2.28. The number of rotatable bonds is 0. The van der Waals surface area contributed by atoms with Gasteiger partial charge in [0.2, 0.25) is 0 Å². The van der Waals surface area contributed by atoms with Crippen LogP contribution < -0.4 is 5.73 Å². The summed E-state index contributed by atoms with van der Waals surface area (Å²) >= 11 is 0. The van der Waals surface area contributed by atoms with Crippen LogP contribution in [-0.2, 0) is 0 Å². The fourth-order valence-electron chi connectivity index (χ4n) is 1.39. The summed E-state index contributed by atoms with van der Waals surface area (Å²) in [6.45, 7) is 2.01. The van der Waals surface area contributed by atoms with E-state index in [9.17, 15) is 4.39 Å². The number of hydrogen-bond acceptors (Lipinski definition) is 2. The molecule has 1 aliphatic rings. The maximum atomic E-state index is 12.9. The van der Waals surface area contributed by atoms with Crippen molar-refractivity contribution in [2.45, 2.75) is 38.1 Å². The van der Waals surface area contributed by atoms with Gasteiger partial charge in [0.1, 0.15) is 0 Å². The molecule has 0 amide bonds. The predicted molar refractivity (Wildman–Crippen MR) is 39.3 cm³/mol. The smallest absolute Gasteiger partial charge is 0.155 e.